The lowest BCUT2D eigenvalue weighted by molar-refractivity contribution is 0.172. The third-order valence-corrected chi connectivity index (χ3v) is 7.37. The maximum Gasteiger partial charge on any atom is 0.345 e. The average molecular weight is 242 g/mol. The fourth-order valence-corrected chi connectivity index (χ4v) is 6.01. The minimum absolute atomic E-state index is 0.723. The zero-order valence-corrected chi connectivity index (χ0v) is 12.1. The smallest absolute Gasteiger partial charge is 0.345 e. The van der Waals surface area contributed by atoms with E-state index in [-0.39, 0.29) is 0 Å². The van der Waals surface area contributed by atoms with E-state index in [0.29, 0.717) is 0 Å². The summed E-state index contributed by atoms with van der Waals surface area (Å²) in [5.74, 6) is 0. The van der Waals surface area contributed by atoms with Crippen LogP contribution in [0.1, 0.15) is 46.5 Å². The molecule has 0 aromatic heterocycles. The van der Waals surface area contributed by atoms with E-state index in [1.165, 1.54) is 24.8 Å². The number of hydrogen-bond donors (Lipinski definition) is 0. The molecule has 94 valence electrons. The van der Waals surface area contributed by atoms with Gasteiger partial charge >= 0.3 is 8.56 Å². The van der Waals surface area contributed by atoms with E-state index >= 15 is 0 Å². The summed E-state index contributed by atoms with van der Waals surface area (Å²) in [5, 5.41) is 0. The molecule has 0 aliphatic heterocycles. The Balaban J connectivity index is 2.58. The molecule has 0 bridgehead atoms. The number of unbranched alkanes of at least 4 members (excludes halogenated alkanes) is 1. The van der Waals surface area contributed by atoms with Crippen LogP contribution in [0.4, 0.5) is 0 Å². The van der Waals surface area contributed by atoms with E-state index in [1.807, 2.05) is 0 Å². The summed E-state index contributed by atoms with van der Waals surface area (Å²) >= 11 is 0. The second-order valence-corrected chi connectivity index (χ2v) is 8.23. The minimum atomic E-state index is -1.96. The summed E-state index contributed by atoms with van der Waals surface area (Å²) in [5.41, 5.74) is 1.93. The van der Waals surface area contributed by atoms with Crippen LogP contribution in [0.5, 0.6) is 0 Å². The van der Waals surface area contributed by atoms with Crippen LogP contribution in [0.15, 0.2) is 12.2 Å². The third kappa shape index (κ3) is 4.04. The molecule has 1 fully saturated rings. The van der Waals surface area contributed by atoms with Gasteiger partial charge in [0.2, 0.25) is 0 Å². The molecule has 0 N–H and O–H groups in total. The Bertz CT molecular complexity index is 226. The molecular formula is C13H26O2Si. The van der Waals surface area contributed by atoms with Gasteiger partial charge in [-0.1, -0.05) is 18.9 Å². The van der Waals surface area contributed by atoms with Crippen molar-refractivity contribution < 1.29 is 8.85 Å². The first-order chi connectivity index (χ1) is 7.64. The summed E-state index contributed by atoms with van der Waals surface area (Å²) in [6, 6.07) is 0.981. The van der Waals surface area contributed by atoms with Crippen molar-refractivity contribution >= 4 is 8.56 Å². The van der Waals surface area contributed by atoms with E-state index in [9.17, 15) is 0 Å². The lowest BCUT2D eigenvalue weighted by Gasteiger charge is -2.30. The second-order valence-electron chi connectivity index (χ2n) is 4.86. The van der Waals surface area contributed by atoms with E-state index in [2.05, 4.69) is 27.4 Å². The quantitative estimate of drug-likeness (QED) is 0.345. The molecule has 0 radical (unpaired) electrons. The Morgan fingerprint density at radius 3 is 2.44 bits per heavy atom. The highest BCUT2D eigenvalue weighted by molar-refractivity contribution is 6.70. The first-order valence-corrected chi connectivity index (χ1v) is 8.67. The molecule has 0 spiro atoms. The minimum Gasteiger partial charge on any atom is -0.394 e. The summed E-state index contributed by atoms with van der Waals surface area (Å²) in [7, 11) is -1.96. The highest BCUT2D eigenvalue weighted by atomic mass is 28.4. The standard InChI is InChI=1S/C13H26O2Si/c1-5-7-10-15-16(14-6-2,11-12(3)4)13-8-9-13/h13H,3,5-11H2,1-2,4H3. The van der Waals surface area contributed by atoms with Crippen LogP contribution in [0, 0.1) is 0 Å². The van der Waals surface area contributed by atoms with Crippen LogP contribution in [0.3, 0.4) is 0 Å². The molecule has 0 aromatic rings. The van der Waals surface area contributed by atoms with Gasteiger partial charge in [0.1, 0.15) is 0 Å². The van der Waals surface area contributed by atoms with Gasteiger partial charge in [-0.3, -0.25) is 0 Å². The first kappa shape index (κ1) is 13.9. The molecule has 1 aliphatic carbocycles. The first-order valence-electron chi connectivity index (χ1n) is 6.57. The predicted octanol–water partition coefficient (Wildman–Crippen LogP) is 4.02. The van der Waals surface area contributed by atoms with Gasteiger partial charge in [0.15, 0.2) is 0 Å². The molecule has 0 heterocycles. The van der Waals surface area contributed by atoms with Crippen LogP contribution in [0.2, 0.25) is 11.6 Å². The molecule has 2 nitrogen and oxygen atoms in total. The Morgan fingerprint density at radius 2 is 2.00 bits per heavy atom. The maximum atomic E-state index is 6.20. The van der Waals surface area contributed by atoms with Crippen molar-refractivity contribution in [1.82, 2.24) is 0 Å². The van der Waals surface area contributed by atoms with E-state index in [0.717, 1.165) is 31.2 Å². The van der Waals surface area contributed by atoms with Crippen molar-refractivity contribution in [2.24, 2.45) is 0 Å². The molecule has 1 rings (SSSR count). The molecule has 0 amide bonds. The molecule has 1 aliphatic rings. The summed E-state index contributed by atoms with van der Waals surface area (Å²) < 4.78 is 12.3. The Kier molecular flexibility index (Phi) is 5.73. The lowest BCUT2D eigenvalue weighted by Crippen LogP contribution is -2.43. The highest BCUT2D eigenvalue weighted by Gasteiger charge is 2.51. The molecule has 3 heteroatoms. The van der Waals surface area contributed by atoms with Crippen molar-refractivity contribution in [1.29, 1.82) is 0 Å². The fraction of sp³-hybridized carbons (Fsp3) is 0.846. The molecule has 1 saturated carbocycles. The van der Waals surface area contributed by atoms with Gasteiger partial charge < -0.3 is 8.85 Å². The monoisotopic (exact) mass is 242 g/mol. The molecular weight excluding hydrogens is 216 g/mol. The number of hydrogen-bond acceptors (Lipinski definition) is 2. The molecule has 0 saturated heterocycles. The van der Waals surface area contributed by atoms with Gasteiger partial charge in [-0.05, 0) is 33.1 Å². The predicted molar refractivity (Wildman–Crippen MR) is 70.8 cm³/mol. The topological polar surface area (TPSA) is 18.5 Å². The lowest BCUT2D eigenvalue weighted by atomic mass is 10.4. The second kappa shape index (κ2) is 6.57. The van der Waals surface area contributed by atoms with Crippen LogP contribution in [-0.2, 0) is 8.85 Å². The summed E-state index contributed by atoms with van der Waals surface area (Å²) in [4.78, 5) is 0. The molecule has 1 atom stereocenters. The van der Waals surface area contributed by atoms with Crippen LogP contribution in [0.25, 0.3) is 0 Å². The molecule has 0 aromatic carbocycles. The number of allylic oxidation sites excluding steroid dienone is 1. The van der Waals surface area contributed by atoms with Gasteiger partial charge in [0, 0.05) is 24.8 Å². The van der Waals surface area contributed by atoms with Crippen molar-refractivity contribution in [2.45, 2.75) is 58.0 Å². The van der Waals surface area contributed by atoms with Gasteiger partial charge in [0.05, 0.1) is 0 Å². The van der Waals surface area contributed by atoms with Gasteiger partial charge in [0.25, 0.3) is 0 Å². The van der Waals surface area contributed by atoms with Gasteiger partial charge in [-0.25, -0.2) is 0 Å². The maximum absolute atomic E-state index is 6.20. The van der Waals surface area contributed by atoms with Crippen LogP contribution in [-0.4, -0.2) is 21.8 Å². The van der Waals surface area contributed by atoms with Crippen molar-refractivity contribution in [2.75, 3.05) is 13.2 Å². The summed E-state index contributed by atoms with van der Waals surface area (Å²) in [6.07, 6.45) is 4.93. The fourth-order valence-electron chi connectivity index (χ4n) is 2.10. The molecule has 1 unspecified atom stereocenters. The highest BCUT2D eigenvalue weighted by Crippen LogP contribution is 2.48. The van der Waals surface area contributed by atoms with Crippen LogP contribution < -0.4 is 0 Å². The van der Waals surface area contributed by atoms with E-state index in [1.54, 1.807) is 0 Å². The number of rotatable bonds is 9. The average Bonchev–Trinajstić information content (AvgIpc) is 3.00. The van der Waals surface area contributed by atoms with Crippen molar-refractivity contribution in [3.63, 3.8) is 0 Å². The Hall–Kier alpha value is -0.123. The normalized spacial score (nSPS) is 19.4. The molecule has 16 heavy (non-hydrogen) atoms. The van der Waals surface area contributed by atoms with Gasteiger partial charge in [-0.15, -0.1) is 6.58 Å². The van der Waals surface area contributed by atoms with Crippen molar-refractivity contribution in [3.8, 4) is 0 Å². The Labute approximate surface area is 101 Å². The zero-order valence-electron chi connectivity index (χ0n) is 11.1. The largest absolute Gasteiger partial charge is 0.394 e. The SMILES string of the molecule is C=C(C)C[Si](OCC)(OCCCC)C1CC1. The van der Waals surface area contributed by atoms with Gasteiger partial charge in [-0.2, -0.15) is 0 Å². The van der Waals surface area contributed by atoms with Crippen molar-refractivity contribution in [3.05, 3.63) is 12.2 Å². The zero-order chi connectivity index (χ0) is 12.0. The van der Waals surface area contributed by atoms with Crippen LogP contribution >= 0.6 is 0 Å². The van der Waals surface area contributed by atoms with E-state index < -0.39 is 8.56 Å². The third-order valence-electron chi connectivity index (χ3n) is 2.98. The summed E-state index contributed by atoms with van der Waals surface area (Å²) in [6.45, 7) is 12.0. The Morgan fingerprint density at radius 1 is 1.31 bits per heavy atom. The van der Waals surface area contributed by atoms with E-state index in [4.69, 9.17) is 8.85 Å².